The molecular weight excluding hydrogens is 442 g/mol. The lowest BCUT2D eigenvalue weighted by atomic mass is 9.94. The van der Waals surface area contributed by atoms with Crippen LogP contribution in [0.25, 0.3) is 0 Å². The van der Waals surface area contributed by atoms with E-state index in [0.717, 1.165) is 71.5 Å². The second kappa shape index (κ2) is 11.8. The van der Waals surface area contributed by atoms with Crippen molar-refractivity contribution in [2.45, 2.75) is 45.6 Å². The highest BCUT2D eigenvalue weighted by Gasteiger charge is 2.28. The van der Waals surface area contributed by atoms with Gasteiger partial charge in [0.15, 0.2) is 0 Å². The second-order valence-electron chi connectivity index (χ2n) is 9.01. The van der Waals surface area contributed by atoms with Gasteiger partial charge in [0.1, 0.15) is 5.75 Å². The predicted molar refractivity (Wildman–Crippen MR) is 132 cm³/mol. The number of ether oxygens (including phenoxy) is 1. The van der Waals surface area contributed by atoms with Crippen LogP contribution in [0.4, 0.5) is 10.5 Å². The van der Waals surface area contributed by atoms with E-state index in [4.69, 9.17) is 22.1 Å². The number of nitrogen functional groups attached to an aromatic ring is 1. The Labute approximate surface area is 202 Å². The Bertz CT molecular complexity index is 817. The minimum absolute atomic E-state index is 0.128. The van der Waals surface area contributed by atoms with Gasteiger partial charge in [-0.2, -0.15) is 0 Å². The van der Waals surface area contributed by atoms with Crippen LogP contribution < -0.4 is 15.8 Å². The monoisotopic (exact) mass is 479 g/mol. The van der Waals surface area contributed by atoms with Gasteiger partial charge in [-0.15, -0.1) is 0 Å². The Morgan fingerprint density at radius 2 is 1.76 bits per heavy atom. The number of carbonyl (C=O) groups excluding carboxylic acids is 2. The van der Waals surface area contributed by atoms with E-state index in [2.05, 4.69) is 10.2 Å². The van der Waals surface area contributed by atoms with Gasteiger partial charge >= 0.3 is 6.03 Å². The molecule has 1 aromatic rings. The van der Waals surface area contributed by atoms with E-state index in [9.17, 15) is 9.59 Å². The van der Waals surface area contributed by atoms with Crippen LogP contribution in [0.1, 0.15) is 49.9 Å². The molecule has 0 spiro atoms. The van der Waals surface area contributed by atoms with Crippen molar-refractivity contribution in [3.05, 3.63) is 22.7 Å². The first kappa shape index (κ1) is 25.4. The summed E-state index contributed by atoms with van der Waals surface area (Å²) in [5.41, 5.74) is 6.62. The zero-order chi connectivity index (χ0) is 24.0. The number of hydrogen-bond donors (Lipinski definition) is 2. The number of hydrogen-bond acceptors (Lipinski definition) is 5. The third kappa shape index (κ3) is 6.44. The smallest absolute Gasteiger partial charge is 0.319 e. The molecule has 0 aromatic heterocycles. The largest absolute Gasteiger partial charge is 0.496 e. The minimum Gasteiger partial charge on any atom is -0.496 e. The van der Waals surface area contributed by atoms with Crippen molar-refractivity contribution < 1.29 is 14.3 Å². The Morgan fingerprint density at radius 3 is 2.33 bits per heavy atom. The fourth-order valence-electron chi connectivity index (χ4n) is 4.80. The highest BCUT2D eigenvalue weighted by Crippen LogP contribution is 2.29. The third-order valence-electron chi connectivity index (χ3n) is 6.92. The molecule has 0 radical (unpaired) electrons. The van der Waals surface area contributed by atoms with Crippen molar-refractivity contribution in [2.24, 2.45) is 5.92 Å². The number of carbonyl (C=O) groups is 2. The SMILES string of the molecule is CCN(CC)C(=O)N1CCC(CN2CCC(NC(=O)c3cc(Cl)c(N)cc3OC)CC2)CC1. The van der Waals surface area contributed by atoms with Crippen LogP contribution in [-0.2, 0) is 0 Å². The van der Waals surface area contributed by atoms with Gasteiger partial charge in [-0.1, -0.05) is 11.6 Å². The topological polar surface area (TPSA) is 91.1 Å². The van der Waals surface area contributed by atoms with Crippen LogP contribution in [-0.4, -0.2) is 85.6 Å². The average Bonchev–Trinajstić information content (AvgIpc) is 2.83. The van der Waals surface area contributed by atoms with Crippen molar-refractivity contribution in [1.82, 2.24) is 20.0 Å². The number of piperidine rings is 2. The van der Waals surface area contributed by atoms with Crippen LogP contribution >= 0.6 is 11.6 Å². The van der Waals surface area contributed by atoms with Crippen molar-refractivity contribution >= 4 is 29.2 Å². The maximum atomic E-state index is 12.8. The molecule has 2 heterocycles. The van der Waals surface area contributed by atoms with E-state index in [1.807, 2.05) is 23.6 Å². The summed E-state index contributed by atoms with van der Waals surface area (Å²) in [6.07, 6.45) is 3.94. The van der Waals surface area contributed by atoms with Gasteiger partial charge in [0.05, 0.1) is 23.4 Å². The molecule has 33 heavy (non-hydrogen) atoms. The molecule has 2 aliphatic rings. The van der Waals surface area contributed by atoms with E-state index in [1.165, 1.54) is 7.11 Å². The van der Waals surface area contributed by atoms with Gasteiger partial charge < -0.3 is 30.5 Å². The number of benzene rings is 1. The first-order valence-corrected chi connectivity index (χ1v) is 12.4. The molecular formula is C24H38ClN5O3. The molecule has 1 aromatic carbocycles. The van der Waals surface area contributed by atoms with Crippen molar-refractivity contribution in [2.75, 3.05) is 58.7 Å². The number of likely N-dealkylation sites (tertiary alicyclic amines) is 2. The van der Waals surface area contributed by atoms with Gasteiger partial charge in [0.2, 0.25) is 0 Å². The summed E-state index contributed by atoms with van der Waals surface area (Å²) in [5, 5.41) is 3.47. The Morgan fingerprint density at radius 1 is 1.12 bits per heavy atom. The van der Waals surface area contributed by atoms with E-state index in [0.29, 0.717) is 27.9 Å². The lowest BCUT2D eigenvalue weighted by molar-refractivity contribution is 0.0885. The van der Waals surface area contributed by atoms with Crippen LogP contribution in [0.2, 0.25) is 5.02 Å². The number of methoxy groups -OCH3 is 1. The van der Waals surface area contributed by atoms with E-state index in [1.54, 1.807) is 12.1 Å². The maximum Gasteiger partial charge on any atom is 0.319 e. The molecule has 3 N–H and O–H groups in total. The van der Waals surface area contributed by atoms with E-state index < -0.39 is 0 Å². The molecule has 0 aliphatic carbocycles. The minimum atomic E-state index is -0.183. The predicted octanol–water partition coefficient (Wildman–Crippen LogP) is 3.30. The van der Waals surface area contributed by atoms with Crippen LogP contribution in [0.3, 0.4) is 0 Å². The lowest BCUT2D eigenvalue weighted by Gasteiger charge is -2.39. The Hall–Kier alpha value is -2.19. The molecule has 3 rings (SSSR count). The van der Waals surface area contributed by atoms with Gasteiger partial charge in [-0.3, -0.25) is 4.79 Å². The molecule has 2 fully saturated rings. The number of urea groups is 1. The van der Waals surface area contributed by atoms with Gasteiger partial charge in [0.25, 0.3) is 5.91 Å². The normalized spacial score (nSPS) is 18.2. The molecule has 9 heteroatoms. The molecule has 0 unspecified atom stereocenters. The first-order chi connectivity index (χ1) is 15.9. The molecule has 2 saturated heterocycles. The Balaban J connectivity index is 1.42. The zero-order valence-electron chi connectivity index (χ0n) is 20.1. The molecule has 0 atom stereocenters. The average molecular weight is 480 g/mol. The van der Waals surface area contributed by atoms with Crippen molar-refractivity contribution in [3.8, 4) is 5.75 Å². The van der Waals surface area contributed by atoms with Crippen LogP contribution in [0.5, 0.6) is 5.75 Å². The fourth-order valence-corrected chi connectivity index (χ4v) is 4.97. The third-order valence-corrected chi connectivity index (χ3v) is 7.25. The summed E-state index contributed by atoms with van der Waals surface area (Å²) < 4.78 is 5.31. The summed E-state index contributed by atoms with van der Waals surface area (Å²) in [7, 11) is 1.52. The van der Waals surface area contributed by atoms with Crippen LogP contribution in [0.15, 0.2) is 12.1 Å². The summed E-state index contributed by atoms with van der Waals surface area (Å²) >= 11 is 6.11. The standard InChI is InChI=1S/C24H38ClN5O3/c1-4-29(5-2)24(32)30-12-6-17(7-13-30)16-28-10-8-18(9-11-28)27-23(31)19-14-20(25)21(26)15-22(19)33-3/h14-15,17-18H,4-13,16,26H2,1-3H3,(H,27,31). The fraction of sp³-hybridized carbons (Fsp3) is 0.667. The summed E-state index contributed by atoms with van der Waals surface area (Å²) in [4.78, 5) is 31.7. The quantitative estimate of drug-likeness (QED) is 0.585. The molecule has 0 bridgehead atoms. The number of nitrogens with zero attached hydrogens (tertiary/aromatic N) is 3. The van der Waals surface area contributed by atoms with Crippen molar-refractivity contribution in [3.63, 3.8) is 0 Å². The molecule has 184 valence electrons. The summed E-state index contributed by atoms with van der Waals surface area (Å²) in [6.45, 7) is 10.3. The number of halogens is 1. The van der Waals surface area contributed by atoms with Gasteiger partial charge in [0, 0.05) is 57.9 Å². The molecule has 8 nitrogen and oxygen atoms in total. The highest BCUT2D eigenvalue weighted by atomic mass is 35.5. The number of nitrogens with two attached hydrogens (primary N) is 1. The number of rotatable bonds is 7. The van der Waals surface area contributed by atoms with Gasteiger partial charge in [-0.25, -0.2) is 4.79 Å². The van der Waals surface area contributed by atoms with Gasteiger partial charge in [-0.05, 0) is 51.5 Å². The number of anilines is 1. The highest BCUT2D eigenvalue weighted by molar-refractivity contribution is 6.33. The first-order valence-electron chi connectivity index (χ1n) is 12.1. The zero-order valence-corrected chi connectivity index (χ0v) is 20.9. The molecule has 3 amide bonds. The lowest BCUT2D eigenvalue weighted by Crippen LogP contribution is -2.49. The summed E-state index contributed by atoms with van der Waals surface area (Å²) in [6, 6.07) is 3.45. The molecule has 2 aliphatic heterocycles. The van der Waals surface area contributed by atoms with Crippen molar-refractivity contribution in [1.29, 1.82) is 0 Å². The Kier molecular flexibility index (Phi) is 9.09. The van der Waals surface area contributed by atoms with Crippen LogP contribution in [0, 0.1) is 5.92 Å². The summed E-state index contributed by atoms with van der Waals surface area (Å²) in [5.74, 6) is 0.869. The number of amides is 3. The van der Waals surface area contributed by atoms with E-state index >= 15 is 0 Å². The second-order valence-corrected chi connectivity index (χ2v) is 9.41. The maximum absolute atomic E-state index is 12.8. The molecule has 0 saturated carbocycles. The van der Waals surface area contributed by atoms with E-state index in [-0.39, 0.29) is 18.0 Å². The number of nitrogens with one attached hydrogen (secondary N) is 1.